The maximum atomic E-state index is 11.4. The van der Waals surface area contributed by atoms with Gasteiger partial charge in [-0.15, -0.1) is 0 Å². The summed E-state index contributed by atoms with van der Waals surface area (Å²) >= 11 is 0. The molecule has 0 aliphatic carbocycles. The summed E-state index contributed by atoms with van der Waals surface area (Å²) in [6.07, 6.45) is -0.295. The number of halogens is 1. The molecule has 0 aromatic rings. The van der Waals surface area contributed by atoms with Gasteiger partial charge in [-0.2, -0.15) is 0 Å². The Bertz CT molecular complexity index is 86.1. The van der Waals surface area contributed by atoms with E-state index >= 15 is 0 Å². The third kappa shape index (κ3) is 3.55. The van der Waals surface area contributed by atoms with Gasteiger partial charge in [0.15, 0.2) is 0 Å². The van der Waals surface area contributed by atoms with E-state index < -0.39 is 18.7 Å². The number of carboxylic acid groups (broad SMARTS) is 1. The SMILES string of the molecule is N[C@@H](CF)CC(=O)O. The fraction of sp³-hybridized carbons (Fsp3) is 0.750. The van der Waals surface area contributed by atoms with Gasteiger partial charge in [-0.1, -0.05) is 0 Å². The maximum Gasteiger partial charge on any atom is 0.305 e. The molecule has 0 radical (unpaired) electrons. The van der Waals surface area contributed by atoms with Crippen molar-refractivity contribution in [3.8, 4) is 0 Å². The van der Waals surface area contributed by atoms with Crippen LogP contribution in [0.5, 0.6) is 0 Å². The predicted octanol–water partition coefficient (Wildman–Crippen LogP) is -0.242. The predicted molar refractivity (Wildman–Crippen MR) is 26.2 cm³/mol. The van der Waals surface area contributed by atoms with Crippen molar-refractivity contribution in [3.05, 3.63) is 0 Å². The molecule has 0 rings (SSSR count). The zero-order valence-electron chi connectivity index (χ0n) is 4.30. The van der Waals surface area contributed by atoms with Crippen LogP contribution < -0.4 is 5.73 Å². The van der Waals surface area contributed by atoms with E-state index in [1.54, 1.807) is 0 Å². The lowest BCUT2D eigenvalue weighted by molar-refractivity contribution is -0.137. The molecule has 4 heteroatoms. The molecule has 8 heavy (non-hydrogen) atoms. The molecular formula is C4H8FNO2. The first kappa shape index (κ1) is 7.36. The Morgan fingerprint density at radius 1 is 1.88 bits per heavy atom. The number of aliphatic carboxylic acids is 1. The van der Waals surface area contributed by atoms with E-state index in [0.29, 0.717) is 0 Å². The van der Waals surface area contributed by atoms with Crippen LogP contribution >= 0.6 is 0 Å². The number of alkyl halides is 1. The first-order valence-corrected chi connectivity index (χ1v) is 2.20. The van der Waals surface area contributed by atoms with Crippen molar-refractivity contribution in [1.82, 2.24) is 0 Å². The summed E-state index contributed by atoms with van der Waals surface area (Å²) in [7, 11) is 0. The molecule has 0 aliphatic rings. The molecule has 0 saturated carbocycles. The van der Waals surface area contributed by atoms with Crippen molar-refractivity contribution in [2.24, 2.45) is 5.73 Å². The van der Waals surface area contributed by atoms with Crippen molar-refractivity contribution >= 4 is 5.97 Å². The highest BCUT2D eigenvalue weighted by Gasteiger charge is 2.05. The molecule has 0 heterocycles. The molecule has 0 aromatic carbocycles. The van der Waals surface area contributed by atoms with Crippen LogP contribution in [0.25, 0.3) is 0 Å². The van der Waals surface area contributed by atoms with Crippen molar-refractivity contribution in [2.45, 2.75) is 12.5 Å². The molecular weight excluding hydrogens is 113 g/mol. The van der Waals surface area contributed by atoms with E-state index in [4.69, 9.17) is 10.8 Å². The second-order valence-electron chi connectivity index (χ2n) is 1.51. The topological polar surface area (TPSA) is 63.3 Å². The summed E-state index contributed by atoms with van der Waals surface area (Å²) in [5, 5.41) is 7.97. The van der Waals surface area contributed by atoms with Crippen LogP contribution in [0.1, 0.15) is 6.42 Å². The first-order chi connectivity index (χ1) is 3.66. The van der Waals surface area contributed by atoms with Crippen molar-refractivity contribution in [1.29, 1.82) is 0 Å². The second kappa shape index (κ2) is 3.37. The smallest absolute Gasteiger partial charge is 0.305 e. The number of hydrogen-bond donors (Lipinski definition) is 2. The summed E-state index contributed by atoms with van der Waals surface area (Å²) in [6.45, 7) is -0.772. The van der Waals surface area contributed by atoms with Crippen molar-refractivity contribution < 1.29 is 14.3 Å². The van der Waals surface area contributed by atoms with Crippen LogP contribution in [0.15, 0.2) is 0 Å². The van der Waals surface area contributed by atoms with Gasteiger partial charge in [-0.25, -0.2) is 4.39 Å². The number of nitrogens with two attached hydrogens (primary N) is 1. The third-order valence-corrected chi connectivity index (χ3v) is 0.635. The molecule has 0 unspecified atom stereocenters. The molecule has 0 aliphatic heterocycles. The van der Waals surface area contributed by atoms with Crippen molar-refractivity contribution in [2.75, 3.05) is 6.67 Å². The normalized spacial score (nSPS) is 13.2. The molecule has 1 atom stereocenters. The molecule has 48 valence electrons. The standard InChI is InChI=1S/C4H8FNO2/c5-2-3(6)1-4(7)8/h3H,1-2,6H2,(H,7,8)/t3-/m1/s1. The van der Waals surface area contributed by atoms with Crippen LogP contribution in [0.3, 0.4) is 0 Å². The van der Waals surface area contributed by atoms with Gasteiger partial charge in [-0.3, -0.25) is 4.79 Å². The molecule has 0 spiro atoms. The number of rotatable bonds is 3. The number of carbonyl (C=O) groups is 1. The van der Waals surface area contributed by atoms with E-state index in [1.165, 1.54) is 0 Å². The highest BCUT2D eigenvalue weighted by Crippen LogP contribution is 1.86. The average Bonchev–Trinajstić information content (AvgIpc) is 1.65. The van der Waals surface area contributed by atoms with Gasteiger partial charge in [-0.05, 0) is 0 Å². The fourth-order valence-electron chi connectivity index (χ4n) is 0.279. The Morgan fingerprint density at radius 2 is 2.38 bits per heavy atom. The highest BCUT2D eigenvalue weighted by molar-refractivity contribution is 5.67. The summed E-state index contributed by atoms with van der Waals surface area (Å²) < 4.78 is 11.4. The van der Waals surface area contributed by atoms with E-state index in [2.05, 4.69) is 0 Å². The van der Waals surface area contributed by atoms with E-state index in [-0.39, 0.29) is 6.42 Å². The average molecular weight is 121 g/mol. The minimum Gasteiger partial charge on any atom is -0.481 e. The lowest BCUT2D eigenvalue weighted by atomic mass is 10.2. The molecule has 3 nitrogen and oxygen atoms in total. The van der Waals surface area contributed by atoms with Crippen LogP contribution in [0.4, 0.5) is 4.39 Å². The maximum absolute atomic E-state index is 11.4. The van der Waals surface area contributed by atoms with Crippen LogP contribution in [-0.2, 0) is 4.79 Å². The molecule has 0 aromatic heterocycles. The Kier molecular flexibility index (Phi) is 3.10. The summed E-state index contributed by atoms with van der Waals surface area (Å²) in [4.78, 5) is 9.72. The van der Waals surface area contributed by atoms with Crippen LogP contribution in [0, 0.1) is 0 Å². The lowest BCUT2D eigenvalue weighted by Gasteiger charge is -1.99. The first-order valence-electron chi connectivity index (χ1n) is 2.20. The largest absolute Gasteiger partial charge is 0.481 e. The fourth-order valence-corrected chi connectivity index (χ4v) is 0.279. The Hall–Kier alpha value is -0.640. The lowest BCUT2D eigenvalue weighted by Crippen LogP contribution is -2.25. The molecule has 0 bridgehead atoms. The van der Waals surface area contributed by atoms with Crippen molar-refractivity contribution in [3.63, 3.8) is 0 Å². The van der Waals surface area contributed by atoms with Gasteiger partial charge >= 0.3 is 5.97 Å². The van der Waals surface area contributed by atoms with Gasteiger partial charge in [0.2, 0.25) is 0 Å². The van der Waals surface area contributed by atoms with Crippen LogP contribution in [0.2, 0.25) is 0 Å². The minimum atomic E-state index is -1.06. The van der Waals surface area contributed by atoms with Gasteiger partial charge in [0.25, 0.3) is 0 Å². The van der Waals surface area contributed by atoms with Gasteiger partial charge in [0, 0.05) is 6.04 Å². The van der Waals surface area contributed by atoms with Gasteiger partial charge in [0.1, 0.15) is 6.67 Å². The van der Waals surface area contributed by atoms with E-state index in [9.17, 15) is 9.18 Å². The van der Waals surface area contributed by atoms with E-state index in [0.717, 1.165) is 0 Å². The quantitative estimate of drug-likeness (QED) is 0.541. The third-order valence-electron chi connectivity index (χ3n) is 0.635. The minimum absolute atomic E-state index is 0.295. The molecule has 0 amide bonds. The molecule has 0 fully saturated rings. The molecule has 0 saturated heterocycles. The zero-order valence-corrected chi connectivity index (χ0v) is 4.30. The zero-order chi connectivity index (χ0) is 6.57. The molecule has 3 N–H and O–H groups in total. The Labute approximate surface area is 46.3 Å². The second-order valence-corrected chi connectivity index (χ2v) is 1.51. The number of hydrogen-bond acceptors (Lipinski definition) is 2. The summed E-state index contributed by atoms with van der Waals surface area (Å²) in [6, 6.07) is -0.840. The van der Waals surface area contributed by atoms with Gasteiger partial charge < -0.3 is 10.8 Å². The van der Waals surface area contributed by atoms with Gasteiger partial charge in [0.05, 0.1) is 6.42 Å². The van der Waals surface area contributed by atoms with E-state index in [1.807, 2.05) is 0 Å². The summed E-state index contributed by atoms with van der Waals surface area (Å²) in [5.74, 6) is -1.06. The van der Waals surface area contributed by atoms with Crippen LogP contribution in [-0.4, -0.2) is 23.8 Å². The monoisotopic (exact) mass is 121 g/mol. The Balaban J connectivity index is 3.24. The number of carboxylic acids is 1. The Morgan fingerprint density at radius 3 is 2.50 bits per heavy atom. The highest BCUT2D eigenvalue weighted by atomic mass is 19.1. The summed E-state index contributed by atoms with van der Waals surface area (Å²) in [5.41, 5.74) is 4.92.